The van der Waals surface area contributed by atoms with Gasteiger partial charge in [0.05, 0.1) is 16.1 Å². The van der Waals surface area contributed by atoms with Crippen LogP contribution in [-0.2, 0) is 6.11 Å². The van der Waals surface area contributed by atoms with Gasteiger partial charge in [-0.15, -0.1) is 0 Å². The van der Waals surface area contributed by atoms with Gasteiger partial charge in [0, 0.05) is 23.1 Å². The molecule has 0 bridgehead atoms. The number of ether oxygens (including phenoxy) is 1. The molecule has 1 nitrogen and oxygen atoms in total. The normalized spacial score (nSPS) is 11.8. The van der Waals surface area contributed by atoms with E-state index >= 15 is 0 Å². The Hall–Kier alpha value is -4.18. The molecule has 0 fully saturated rings. The van der Waals surface area contributed by atoms with Gasteiger partial charge < -0.3 is 4.74 Å². The second-order valence-electron chi connectivity index (χ2n) is 9.06. The highest BCUT2D eigenvalue weighted by molar-refractivity contribution is 6.38. The van der Waals surface area contributed by atoms with Crippen molar-refractivity contribution in [3.63, 3.8) is 0 Å². The van der Waals surface area contributed by atoms with Crippen LogP contribution in [0.15, 0.2) is 66.7 Å². The maximum absolute atomic E-state index is 14.9. The minimum Gasteiger partial charge on any atom is -0.429 e. The second kappa shape index (κ2) is 10.3. The lowest BCUT2D eigenvalue weighted by Crippen LogP contribution is -2.22. The number of hydrogen-bond acceptors (Lipinski definition) is 1. The fraction of sp³-hybridized carbons (Fsp3) is 0.0667. The molecule has 0 saturated carbocycles. The minimum atomic E-state index is -4.12. The molecule has 0 spiro atoms. The maximum Gasteiger partial charge on any atom is 0.426 e. The lowest BCUT2D eigenvalue weighted by molar-refractivity contribution is -0.185. The Kier molecular flexibility index (Phi) is 7.15. The molecule has 0 N–H and O–H groups in total. The summed E-state index contributed by atoms with van der Waals surface area (Å²) < 4.78 is 133. The number of hydrogen-bond donors (Lipinski definition) is 0. The van der Waals surface area contributed by atoms with Crippen molar-refractivity contribution < 1.29 is 44.3 Å². The van der Waals surface area contributed by atoms with E-state index < -0.39 is 69.3 Å². The smallest absolute Gasteiger partial charge is 0.426 e. The monoisotopic (exact) mass is 596 g/mol. The van der Waals surface area contributed by atoms with Gasteiger partial charge in [0.1, 0.15) is 17.4 Å². The Morgan fingerprint density at radius 2 is 1.22 bits per heavy atom. The molecule has 0 radical (unpaired) electrons. The largest absolute Gasteiger partial charge is 0.429 e. The van der Waals surface area contributed by atoms with Crippen LogP contribution in [0.25, 0.3) is 33.0 Å². The first kappa shape index (κ1) is 28.4. The van der Waals surface area contributed by atoms with Gasteiger partial charge in [0.25, 0.3) is 0 Å². The molecule has 0 aromatic heterocycles. The summed E-state index contributed by atoms with van der Waals surface area (Å²) in [6, 6.07) is 10.2. The molecule has 5 aromatic carbocycles. The SMILES string of the molecule is Cc1cc2ccc(-c3ccc(C(F)(F)Oc4cc(F)c(-c5cc(F)c(F)c(F)c5)c(F)c4)cc3)c(Cl)c2c(F)c1F. The Bertz CT molecular complexity index is 1790. The van der Waals surface area contributed by atoms with Crippen LogP contribution in [0.5, 0.6) is 5.75 Å². The molecule has 41 heavy (non-hydrogen) atoms. The van der Waals surface area contributed by atoms with Crippen molar-refractivity contribution in [3.8, 4) is 28.0 Å². The number of aryl methyl sites for hydroxylation is 1. The van der Waals surface area contributed by atoms with Gasteiger partial charge in [0.2, 0.25) is 0 Å². The van der Waals surface area contributed by atoms with E-state index in [0.717, 1.165) is 12.1 Å². The molecule has 210 valence electrons. The second-order valence-corrected chi connectivity index (χ2v) is 9.44. The first-order valence-electron chi connectivity index (χ1n) is 11.7. The van der Waals surface area contributed by atoms with E-state index in [0.29, 0.717) is 29.7 Å². The van der Waals surface area contributed by atoms with Gasteiger partial charge in [-0.1, -0.05) is 35.9 Å². The quantitative estimate of drug-likeness (QED) is 0.145. The van der Waals surface area contributed by atoms with Gasteiger partial charge in [0.15, 0.2) is 29.1 Å². The lowest BCUT2D eigenvalue weighted by Gasteiger charge is -2.19. The van der Waals surface area contributed by atoms with Gasteiger partial charge in [-0.05, 0) is 59.3 Å². The van der Waals surface area contributed by atoms with Gasteiger partial charge in [-0.3, -0.25) is 0 Å². The Morgan fingerprint density at radius 1 is 0.634 bits per heavy atom. The molecule has 11 heteroatoms. The van der Waals surface area contributed by atoms with Crippen LogP contribution in [0, 0.1) is 47.6 Å². The predicted molar refractivity (Wildman–Crippen MR) is 135 cm³/mol. The molecule has 0 heterocycles. The molecule has 0 unspecified atom stereocenters. The highest BCUT2D eigenvalue weighted by Crippen LogP contribution is 2.40. The molecule has 0 aliphatic carbocycles. The van der Waals surface area contributed by atoms with E-state index in [2.05, 4.69) is 4.74 Å². The molecule has 5 aromatic rings. The lowest BCUT2D eigenvalue weighted by atomic mass is 9.98. The molecule has 0 saturated heterocycles. The van der Waals surface area contributed by atoms with Crippen molar-refractivity contribution in [3.05, 3.63) is 124 Å². The maximum atomic E-state index is 14.9. The van der Waals surface area contributed by atoms with E-state index in [9.17, 15) is 39.5 Å². The standard InChI is InChI=1S/C30H14ClF9O/c1-13-8-15-4-7-19(26(31)25(15)29(38)27(13)36)14-2-5-17(6-3-14)30(39,40)41-18-11-20(32)24(21(33)12-18)16-9-22(34)28(37)23(35)10-16/h2-12H,1H3. The average Bonchev–Trinajstić information content (AvgIpc) is 2.90. The molecular formula is C30H14ClF9O. The number of fused-ring (bicyclic) bond motifs is 1. The first-order valence-corrected chi connectivity index (χ1v) is 12.0. The molecular weight excluding hydrogens is 583 g/mol. The Balaban J connectivity index is 1.44. The summed E-state index contributed by atoms with van der Waals surface area (Å²) in [5.74, 6) is -11.4. The van der Waals surface area contributed by atoms with Crippen molar-refractivity contribution in [2.45, 2.75) is 13.0 Å². The van der Waals surface area contributed by atoms with Gasteiger partial charge in [-0.25, -0.2) is 30.7 Å². The summed E-state index contributed by atoms with van der Waals surface area (Å²) >= 11 is 6.34. The summed E-state index contributed by atoms with van der Waals surface area (Å²) in [6.07, 6.45) is -4.12. The number of benzene rings is 5. The number of alkyl halides is 2. The summed E-state index contributed by atoms with van der Waals surface area (Å²) in [5.41, 5.74) is -1.84. The van der Waals surface area contributed by atoms with E-state index in [1.54, 1.807) is 0 Å². The zero-order valence-corrected chi connectivity index (χ0v) is 21.3. The zero-order chi connectivity index (χ0) is 29.8. The molecule has 0 aliphatic rings. The van der Waals surface area contributed by atoms with E-state index in [-0.39, 0.29) is 27.1 Å². The van der Waals surface area contributed by atoms with Crippen molar-refractivity contribution >= 4 is 22.4 Å². The van der Waals surface area contributed by atoms with Crippen LogP contribution in [-0.4, -0.2) is 0 Å². The Labute approximate surface area is 231 Å². The van der Waals surface area contributed by atoms with Crippen LogP contribution >= 0.6 is 11.6 Å². The fourth-order valence-electron chi connectivity index (χ4n) is 4.37. The van der Waals surface area contributed by atoms with E-state index in [1.165, 1.54) is 37.3 Å². The summed E-state index contributed by atoms with van der Waals surface area (Å²) in [6.45, 7) is 1.39. The Morgan fingerprint density at radius 3 is 1.80 bits per heavy atom. The number of rotatable bonds is 5. The molecule has 0 atom stereocenters. The van der Waals surface area contributed by atoms with Gasteiger partial charge in [-0.2, -0.15) is 8.78 Å². The summed E-state index contributed by atoms with van der Waals surface area (Å²) in [7, 11) is 0. The van der Waals surface area contributed by atoms with E-state index in [4.69, 9.17) is 11.6 Å². The fourth-order valence-corrected chi connectivity index (χ4v) is 4.74. The van der Waals surface area contributed by atoms with Crippen LogP contribution in [0.1, 0.15) is 11.1 Å². The van der Waals surface area contributed by atoms with Crippen LogP contribution in [0.4, 0.5) is 39.5 Å². The van der Waals surface area contributed by atoms with Gasteiger partial charge >= 0.3 is 6.11 Å². The van der Waals surface area contributed by atoms with Crippen molar-refractivity contribution in [1.82, 2.24) is 0 Å². The summed E-state index contributed by atoms with van der Waals surface area (Å²) in [4.78, 5) is 0. The van der Waals surface area contributed by atoms with Crippen molar-refractivity contribution in [2.75, 3.05) is 0 Å². The van der Waals surface area contributed by atoms with Crippen LogP contribution in [0.3, 0.4) is 0 Å². The third-order valence-corrected chi connectivity index (χ3v) is 6.76. The highest BCUT2D eigenvalue weighted by Gasteiger charge is 2.35. The highest BCUT2D eigenvalue weighted by atomic mass is 35.5. The zero-order valence-electron chi connectivity index (χ0n) is 20.5. The minimum absolute atomic E-state index is 0.0815. The summed E-state index contributed by atoms with van der Waals surface area (Å²) in [5, 5.41) is 0.0251. The van der Waals surface area contributed by atoms with Crippen molar-refractivity contribution in [2.24, 2.45) is 0 Å². The van der Waals surface area contributed by atoms with Crippen LogP contribution in [0.2, 0.25) is 5.02 Å². The van der Waals surface area contributed by atoms with Crippen molar-refractivity contribution in [1.29, 1.82) is 0 Å². The van der Waals surface area contributed by atoms with Crippen LogP contribution < -0.4 is 4.74 Å². The number of halogens is 10. The third-order valence-electron chi connectivity index (χ3n) is 6.37. The van der Waals surface area contributed by atoms with E-state index in [1.807, 2.05) is 0 Å². The molecule has 5 rings (SSSR count). The molecule has 0 amide bonds. The topological polar surface area (TPSA) is 9.23 Å². The first-order chi connectivity index (χ1) is 19.3. The third kappa shape index (κ3) is 5.08. The average molecular weight is 597 g/mol. The molecule has 0 aliphatic heterocycles. The predicted octanol–water partition coefficient (Wildman–Crippen LogP) is 10.2.